The SMILES string of the molecule is CC(=O)C1CC12CN(C)C2. The van der Waals surface area contributed by atoms with Gasteiger partial charge >= 0.3 is 0 Å². The van der Waals surface area contributed by atoms with Crippen LogP contribution in [0.15, 0.2) is 0 Å². The van der Waals surface area contributed by atoms with E-state index < -0.39 is 0 Å². The summed E-state index contributed by atoms with van der Waals surface area (Å²) in [5.41, 5.74) is 0.459. The predicted octanol–water partition coefficient (Wildman–Crippen LogP) is 0.527. The minimum Gasteiger partial charge on any atom is -0.305 e. The van der Waals surface area contributed by atoms with E-state index in [0.29, 0.717) is 17.1 Å². The van der Waals surface area contributed by atoms with Crippen LogP contribution in [0.5, 0.6) is 0 Å². The molecule has 0 aromatic carbocycles. The fraction of sp³-hybridized carbons (Fsp3) is 0.875. The molecular formula is C8H13NO. The average Bonchev–Trinajstić information content (AvgIpc) is 2.40. The van der Waals surface area contributed by atoms with Crippen molar-refractivity contribution in [2.45, 2.75) is 13.3 Å². The van der Waals surface area contributed by atoms with Gasteiger partial charge in [-0.25, -0.2) is 0 Å². The molecule has 1 spiro atoms. The zero-order valence-electron chi connectivity index (χ0n) is 6.55. The van der Waals surface area contributed by atoms with E-state index in [-0.39, 0.29) is 0 Å². The first kappa shape index (κ1) is 6.35. The third kappa shape index (κ3) is 0.655. The average molecular weight is 139 g/mol. The molecule has 0 radical (unpaired) electrons. The highest BCUT2D eigenvalue weighted by Crippen LogP contribution is 2.58. The molecule has 1 unspecified atom stereocenters. The van der Waals surface area contributed by atoms with Crippen LogP contribution < -0.4 is 0 Å². The third-order valence-electron chi connectivity index (χ3n) is 2.85. The molecule has 0 amide bonds. The summed E-state index contributed by atoms with van der Waals surface area (Å²) in [5.74, 6) is 0.816. The maximum absolute atomic E-state index is 10.9. The van der Waals surface area contributed by atoms with Crippen LogP contribution in [0.2, 0.25) is 0 Å². The van der Waals surface area contributed by atoms with Gasteiger partial charge in [-0.1, -0.05) is 0 Å². The molecule has 1 aliphatic heterocycles. The van der Waals surface area contributed by atoms with Gasteiger partial charge in [0.2, 0.25) is 0 Å². The van der Waals surface area contributed by atoms with Crippen molar-refractivity contribution < 1.29 is 4.79 Å². The summed E-state index contributed by atoms with van der Waals surface area (Å²) < 4.78 is 0. The summed E-state index contributed by atoms with van der Waals surface area (Å²) in [6.45, 7) is 4.02. The Bertz CT molecular complexity index is 182. The molecule has 2 aliphatic rings. The van der Waals surface area contributed by atoms with Crippen molar-refractivity contribution in [3.63, 3.8) is 0 Å². The van der Waals surface area contributed by atoms with Crippen molar-refractivity contribution in [2.75, 3.05) is 20.1 Å². The van der Waals surface area contributed by atoms with Crippen LogP contribution in [0.3, 0.4) is 0 Å². The Balaban J connectivity index is 1.96. The van der Waals surface area contributed by atoms with Crippen LogP contribution >= 0.6 is 0 Å². The zero-order chi connectivity index (χ0) is 7.35. The van der Waals surface area contributed by atoms with E-state index in [1.165, 1.54) is 0 Å². The fourth-order valence-corrected chi connectivity index (χ4v) is 2.30. The van der Waals surface area contributed by atoms with Crippen LogP contribution in [0.4, 0.5) is 0 Å². The topological polar surface area (TPSA) is 20.3 Å². The molecule has 1 atom stereocenters. The number of ketones is 1. The summed E-state index contributed by atoms with van der Waals surface area (Å²) >= 11 is 0. The number of hydrogen-bond acceptors (Lipinski definition) is 2. The molecule has 2 rings (SSSR count). The highest BCUT2D eigenvalue weighted by molar-refractivity contribution is 5.82. The molecule has 2 heteroatoms. The summed E-state index contributed by atoms with van der Waals surface area (Å²) in [4.78, 5) is 13.2. The number of Topliss-reactive ketones (excluding diaryl/α,β-unsaturated/α-hetero) is 1. The highest BCUT2D eigenvalue weighted by Gasteiger charge is 2.61. The molecule has 1 heterocycles. The van der Waals surface area contributed by atoms with Gasteiger partial charge in [0, 0.05) is 24.4 Å². The first-order valence-electron chi connectivity index (χ1n) is 3.83. The highest BCUT2D eigenvalue weighted by atomic mass is 16.1. The Morgan fingerprint density at radius 1 is 1.60 bits per heavy atom. The number of hydrogen-bond donors (Lipinski definition) is 0. The Labute approximate surface area is 61.2 Å². The lowest BCUT2D eigenvalue weighted by Crippen LogP contribution is -2.47. The second kappa shape index (κ2) is 1.62. The van der Waals surface area contributed by atoms with Gasteiger partial charge in [-0.05, 0) is 20.4 Å². The summed E-state index contributed by atoms with van der Waals surface area (Å²) in [5, 5.41) is 0. The standard InChI is InChI=1S/C8H13NO/c1-6(10)7-3-8(7)4-9(2)5-8/h7H,3-5H2,1-2H3. The first-order valence-corrected chi connectivity index (χ1v) is 3.83. The van der Waals surface area contributed by atoms with Crippen molar-refractivity contribution in [2.24, 2.45) is 11.3 Å². The second-order valence-electron chi connectivity index (χ2n) is 3.90. The normalized spacial score (nSPS) is 35.6. The van der Waals surface area contributed by atoms with Crippen molar-refractivity contribution >= 4 is 5.78 Å². The van der Waals surface area contributed by atoms with E-state index in [4.69, 9.17) is 0 Å². The van der Waals surface area contributed by atoms with Crippen LogP contribution in [0.1, 0.15) is 13.3 Å². The van der Waals surface area contributed by atoms with E-state index in [0.717, 1.165) is 19.5 Å². The minimum atomic E-state index is 0.396. The van der Waals surface area contributed by atoms with Gasteiger partial charge in [0.05, 0.1) is 0 Å². The van der Waals surface area contributed by atoms with E-state index in [1.54, 1.807) is 6.92 Å². The molecule has 0 aromatic rings. The summed E-state index contributed by atoms with van der Waals surface area (Å²) in [6, 6.07) is 0. The molecule has 0 bridgehead atoms. The quantitative estimate of drug-likeness (QED) is 0.528. The fourth-order valence-electron chi connectivity index (χ4n) is 2.30. The Kier molecular flexibility index (Phi) is 1.03. The Hall–Kier alpha value is -0.370. The molecule has 1 aliphatic carbocycles. The van der Waals surface area contributed by atoms with Crippen LogP contribution in [-0.2, 0) is 4.79 Å². The lowest BCUT2D eigenvalue weighted by atomic mass is 9.93. The van der Waals surface area contributed by atoms with Gasteiger partial charge in [0.25, 0.3) is 0 Å². The summed E-state index contributed by atoms with van der Waals surface area (Å²) in [6.07, 6.45) is 1.16. The molecule has 2 fully saturated rings. The summed E-state index contributed by atoms with van der Waals surface area (Å²) in [7, 11) is 2.11. The number of likely N-dealkylation sites (tertiary alicyclic amines) is 1. The van der Waals surface area contributed by atoms with Gasteiger partial charge < -0.3 is 4.90 Å². The van der Waals surface area contributed by atoms with Crippen molar-refractivity contribution in [1.82, 2.24) is 4.90 Å². The molecule has 1 saturated heterocycles. The van der Waals surface area contributed by atoms with Gasteiger partial charge in [0.1, 0.15) is 5.78 Å². The largest absolute Gasteiger partial charge is 0.305 e. The Morgan fingerprint density at radius 2 is 2.20 bits per heavy atom. The number of rotatable bonds is 1. The molecule has 0 N–H and O–H groups in total. The van der Waals surface area contributed by atoms with E-state index >= 15 is 0 Å². The third-order valence-corrected chi connectivity index (χ3v) is 2.85. The molecular weight excluding hydrogens is 126 g/mol. The van der Waals surface area contributed by atoms with Gasteiger partial charge in [-0.2, -0.15) is 0 Å². The van der Waals surface area contributed by atoms with Crippen molar-refractivity contribution in [3.8, 4) is 0 Å². The van der Waals surface area contributed by atoms with Gasteiger partial charge in [0.15, 0.2) is 0 Å². The van der Waals surface area contributed by atoms with E-state index in [1.807, 2.05) is 0 Å². The van der Waals surface area contributed by atoms with Crippen LogP contribution in [0, 0.1) is 11.3 Å². The predicted molar refractivity (Wildman–Crippen MR) is 38.7 cm³/mol. The van der Waals surface area contributed by atoms with E-state index in [2.05, 4.69) is 11.9 Å². The Morgan fingerprint density at radius 3 is 2.50 bits per heavy atom. The van der Waals surface area contributed by atoms with Crippen molar-refractivity contribution in [3.05, 3.63) is 0 Å². The number of carbonyl (C=O) groups excluding carboxylic acids is 1. The lowest BCUT2D eigenvalue weighted by molar-refractivity contribution is -0.119. The molecule has 0 aromatic heterocycles. The maximum atomic E-state index is 10.9. The van der Waals surface area contributed by atoms with Crippen LogP contribution in [0.25, 0.3) is 0 Å². The molecule has 1 saturated carbocycles. The second-order valence-corrected chi connectivity index (χ2v) is 3.90. The lowest BCUT2D eigenvalue weighted by Gasteiger charge is -2.37. The monoisotopic (exact) mass is 139 g/mol. The van der Waals surface area contributed by atoms with Gasteiger partial charge in [-0.3, -0.25) is 4.79 Å². The zero-order valence-corrected chi connectivity index (χ0v) is 6.55. The molecule has 10 heavy (non-hydrogen) atoms. The first-order chi connectivity index (χ1) is 4.64. The number of carbonyl (C=O) groups is 1. The van der Waals surface area contributed by atoms with Crippen molar-refractivity contribution in [1.29, 1.82) is 0 Å². The van der Waals surface area contributed by atoms with Crippen LogP contribution in [-0.4, -0.2) is 30.8 Å². The molecule has 2 nitrogen and oxygen atoms in total. The van der Waals surface area contributed by atoms with Gasteiger partial charge in [-0.15, -0.1) is 0 Å². The molecule has 56 valence electrons. The maximum Gasteiger partial charge on any atom is 0.133 e. The van der Waals surface area contributed by atoms with E-state index in [9.17, 15) is 4.79 Å². The minimum absolute atomic E-state index is 0.396. The smallest absolute Gasteiger partial charge is 0.133 e. The number of nitrogens with zero attached hydrogens (tertiary/aromatic N) is 1.